The Bertz CT molecular complexity index is 405. The summed E-state index contributed by atoms with van der Waals surface area (Å²) in [5.41, 5.74) is 1.03. The molecule has 118 valence electrons. The molecule has 1 rings (SSSR count). The van der Waals surface area contributed by atoms with Crippen molar-refractivity contribution in [3.8, 4) is 5.75 Å². The highest BCUT2D eigenvalue weighted by Crippen LogP contribution is 2.18. The van der Waals surface area contributed by atoms with Gasteiger partial charge in [0.05, 0.1) is 13.2 Å². The molecule has 0 amide bonds. The summed E-state index contributed by atoms with van der Waals surface area (Å²) in [6.45, 7) is 5.07. The second-order valence-electron chi connectivity index (χ2n) is 4.81. The summed E-state index contributed by atoms with van der Waals surface area (Å²) in [7, 11) is 0. The Hall–Kier alpha value is -1.40. The van der Waals surface area contributed by atoms with E-state index in [1.807, 2.05) is 30.3 Å². The van der Waals surface area contributed by atoms with Gasteiger partial charge in [-0.05, 0) is 18.1 Å². The second kappa shape index (κ2) is 10.3. The lowest BCUT2D eigenvalue weighted by atomic mass is 10.1. The van der Waals surface area contributed by atoms with Crippen LogP contribution in [0.5, 0.6) is 5.75 Å². The molecule has 0 radical (unpaired) electrons. The van der Waals surface area contributed by atoms with Crippen molar-refractivity contribution in [2.75, 3.05) is 39.5 Å². The molecule has 5 heteroatoms. The number of hydrogen-bond donors (Lipinski definition) is 3. The Labute approximate surface area is 126 Å². The fourth-order valence-electron chi connectivity index (χ4n) is 2.08. The van der Waals surface area contributed by atoms with Crippen LogP contribution in [0.1, 0.15) is 5.56 Å². The van der Waals surface area contributed by atoms with Gasteiger partial charge in [0.15, 0.2) is 0 Å². The van der Waals surface area contributed by atoms with Gasteiger partial charge in [0.1, 0.15) is 18.5 Å². The van der Waals surface area contributed by atoms with Gasteiger partial charge in [-0.15, -0.1) is 6.58 Å². The third kappa shape index (κ3) is 6.73. The molecule has 21 heavy (non-hydrogen) atoms. The van der Waals surface area contributed by atoms with Crippen LogP contribution in [-0.2, 0) is 6.42 Å². The molecule has 5 nitrogen and oxygen atoms in total. The molecular weight excluding hydrogens is 270 g/mol. The van der Waals surface area contributed by atoms with Gasteiger partial charge in [-0.2, -0.15) is 0 Å². The largest absolute Gasteiger partial charge is 0.491 e. The van der Waals surface area contributed by atoms with Crippen molar-refractivity contribution in [1.29, 1.82) is 0 Å². The number of para-hydroxylation sites is 1. The minimum Gasteiger partial charge on any atom is -0.491 e. The molecule has 0 saturated heterocycles. The van der Waals surface area contributed by atoms with Crippen molar-refractivity contribution >= 4 is 0 Å². The van der Waals surface area contributed by atoms with Crippen LogP contribution in [0, 0.1) is 0 Å². The van der Waals surface area contributed by atoms with E-state index < -0.39 is 6.10 Å². The van der Waals surface area contributed by atoms with Gasteiger partial charge in [0.2, 0.25) is 0 Å². The zero-order valence-corrected chi connectivity index (χ0v) is 12.3. The Kier molecular flexibility index (Phi) is 8.69. The van der Waals surface area contributed by atoms with Gasteiger partial charge < -0.3 is 20.1 Å². The minimum absolute atomic E-state index is 0.00422. The first-order chi connectivity index (χ1) is 10.2. The summed E-state index contributed by atoms with van der Waals surface area (Å²) in [4.78, 5) is 1.80. The van der Waals surface area contributed by atoms with Gasteiger partial charge in [-0.3, -0.25) is 4.90 Å². The highest BCUT2D eigenvalue weighted by Gasteiger charge is 2.12. The average Bonchev–Trinajstić information content (AvgIpc) is 2.47. The van der Waals surface area contributed by atoms with Crippen LogP contribution in [0.25, 0.3) is 0 Å². The maximum atomic E-state index is 10.0. The lowest BCUT2D eigenvalue weighted by Crippen LogP contribution is -2.38. The summed E-state index contributed by atoms with van der Waals surface area (Å²) >= 11 is 0. The van der Waals surface area contributed by atoms with E-state index in [1.54, 1.807) is 4.90 Å². The number of allylic oxidation sites excluding steroid dienone is 1. The Morgan fingerprint density at radius 3 is 2.48 bits per heavy atom. The second-order valence-corrected chi connectivity index (χ2v) is 4.81. The van der Waals surface area contributed by atoms with Gasteiger partial charge in [0, 0.05) is 19.6 Å². The number of aliphatic hydroxyl groups excluding tert-OH is 3. The molecule has 3 N–H and O–H groups in total. The van der Waals surface area contributed by atoms with Crippen LogP contribution in [0.4, 0.5) is 0 Å². The summed E-state index contributed by atoms with van der Waals surface area (Å²) in [5, 5.41) is 27.9. The summed E-state index contributed by atoms with van der Waals surface area (Å²) < 4.78 is 5.66. The van der Waals surface area contributed by atoms with Crippen molar-refractivity contribution < 1.29 is 20.1 Å². The molecule has 0 saturated carbocycles. The third-order valence-corrected chi connectivity index (χ3v) is 3.07. The van der Waals surface area contributed by atoms with E-state index in [1.165, 1.54) is 0 Å². The highest BCUT2D eigenvalue weighted by atomic mass is 16.5. The number of ether oxygens (including phenoxy) is 1. The van der Waals surface area contributed by atoms with Crippen molar-refractivity contribution in [1.82, 2.24) is 4.90 Å². The van der Waals surface area contributed by atoms with Gasteiger partial charge in [-0.1, -0.05) is 24.3 Å². The molecule has 0 heterocycles. The summed E-state index contributed by atoms with van der Waals surface area (Å²) in [6.07, 6.45) is 1.84. The van der Waals surface area contributed by atoms with Gasteiger partial charge in [0.25, 0.3) is 0 Å². The first-order valence-electron chi connectivity index (χ1n) is 7.15. The smallest absolute Gasteiger partial charge is 0.122 e. The van der Waals surface area contributed by atoms with E-state index in [0.717, 1.165) is 11.3 Å². The van der Waals surface area contributed by atoms with E-state index in [4.69, 9.17) is 14.9 Å². The summed E-state index contributed by atoms with van der Waals surface area (Å²) in [6, 6.07) is 7.66. The Morgan fingerprint density at radius 2 is 1.86 bits per heavy atom. The number of benzene rings is 1. The molecule has 0 unspecified atom stereocenters. The minimum atomic E-state index is -0.681. The number of hydrogen-bond acceptors (Lipinski definition) is 5. The first kappa shape index (κ1) is 17.7. The number of aliphatic hydroxyl groups is 3. The van der Waals surface area contributed by atoms with E-state index in [0.29, 0.717) is 26.1 Å². The number of rotatable bonds is 11. The van der Waals surface area contributed by atoms with Crippen LogP contribution in [0.15, 0.2) is 36.9 Å². The average molecular weight is 295 g/mol. The normalized spacial score (nSPS) is 12.4. The van der Waals surface area contributed by atoms with E-state index in [9.17, 15) is 5.11 Å². The zero-order valence-electron chi connectivity index (χ0n) is 12.3. The van der Waals surface area contributed by atoms with Crippen LogP contribution < -0.4 is 4.74 Å². The van der Waals surface area contributed by atoms with E-state index >= 15 is 0 Å². The molecule has 0 aliphatic carbocycles. The molecule has 1 atom stereocenters. The molecule has 1 aromatic rings. The zero-order chi connectivity index (χ0) is 15.5. The number of nitrogens with zero attached hydrogens (tertiary/aromatic N) is 1. The molecular formula is C16H25NO4. The lowest BCUT2D eigenvalue weighted by Gasteiger charge is -2.23. The maximum absolute atomic E-state index is 10.0. The van der Waals surface area contributed by atoms with Crippen molar-refractivity contribution in [2.45, 2.75) is 12.5 Å². The van der Waals surface area contributed by atoms with Gasteiger partial charge in [-0.25, -0.2) is 0 Å². The summed E-state index contributed by atoms with van der Waals surface area (Å²) in [5.74, 6) is 0.743. The van der Waals surface area contributed by atoms with Crippen LogP contribution in [0.2, 0.25) is 0 Å². The predicted octanol–water partition coefficient (Wildman–Crippen LogP) is 0.441. The lowest BCUT2D eigenvalue weighted by molar-refractivity contribution is 0.0550. The standard InChI is InChI=1S/C16H25NO4/c1-2-5-14-6-3-4-7-16(14)21-13-15(20)12-17(8-10-18)9-11-19/h2-4,6-7,15,18-20H,1,5,8-13H2/t15-/m0/s1. The monoisotopic (exact) mass is 295 g/mol. The predicted molar refractivity (Wildman–Crippen MR) is 82.5 cm³/mol. The Morgan fingerprint density at radius 1 is 1.19 bits per heavy atom. The highest BCUT2D eigenvalue weighted by molar-refractivity contribution is 5.34. The SMILES string of the molecule is C=CCc1ccccc1OC[C@@H](O)CN(CCO)CCO. The molecule has 0 aliphatic heterocycles. The van der Waals surface area contributed by atoms with Crippen molar-refractivity contribution in [2.24, 2.45) is 0 Å². The first-order valence-corrected chi connectivity index (χ1v) is 7.15. The fourth-order valence-corrected chi connectivity index (χ4v) is 2.08. The van der Waals surface area contributed by atoms with E-state index in [2.05, 4.69) is 6.58 Å². The molecule has 0 bridgehead atoms. The topological polar surface area (TPSA) is 73.2 Å². The van der Waals surface area contributed by atoms with E-state index in [-0.39, 0.29) is 19.8 Å². The molecule has 0 aliphatic rings. The quantitative estimate of drug-likeness (QED) is 0.517. The van der Waals surface area contributed by atoms with Gasteiger partial charge >= 0.3 is 0 Å². The fraction of sp³-hybridized carbons (Fsp3) is 0.500. The third-order valence-electron chi connectivity index (χ3n) is 3.07. The molecule has 0 spiro atoms. The van der Waals surface area contributed by atoms with Crippen LogP contribution in [0.3, 0.4) is 0 Å². The molecule has 0 fully saturated rings. The maximum Gasteiger partial charge on any atom is 0.122 e. The van der Waals surface area contributed by atoms with Crippen molar-refractivity contribution in [3.63, 3.8) is 0 Å². The molecule has 1 aromatic carbocycles. The Balaban J connectivity index is 2.48. The van der Waals surface area contributed by atoms with Crippen molar-refractivity contribution in [3.05, 3.63) is 42.5 Å². The molecule has 0 aromatic heterocycles. The van der Waals surface area contributed by atoms with Crippen LogP contribution in [-0.4, -0.2) is 65.8 Å². The van der Waals surface area contributed by atoms with Crippen LogP contribution >= 0.6 is 0 Å².